The molecule has 0 heterocycles. The smallest absolute Gasteiger partial charge is 0.328 e. The second kappa shape index (κ2) is 6.66. The lowest BCUT2D eigenvalue weighted by molar-refractivity contribution is -0.131. The summed E-state index contributed by atoms with van der Waals surface area (Å²) in [4.78, 5) is 10.1. The molecular weight excluding hydrogens is 166 g/mol. The van der Waals surface area contributed by atoms with Crippen LogP contribution in [0.1, 0.15) is 27.2 Å². The zero-order valence-corrected chi connectivity index (χ0v) is 8.58. The molecular formula is C10H19NO2. The molecule has 0 saturated carbocycles. The van der Waals surface area contributed by atoms with Gasteiger partial charge in [0.1, 0.15) is 0 Å². The molecule has 0 bridgehead atoms. The number of carboxylic acids is 1. The largest absolute Gasteiger partial charge is 0.478 e. The molecule has 0 aliphatic heterocycles. The summed E-state index contributed by atoms with van der Waals surface area (Å²) in [7, 11) is 0. The highest BCUT2D eigenvalue weighted by Crippen LogP contribution is 2.04. The number of carbonyl (C=O) groups is 1. The van der Waals surface area contributed by atoms with Crippen molar-refractivity contribution in [3.63, 3.8) is 0 Å². The van der Waals surface area contributed by atoms with Crippen LogP contribution in [0.25, 0.3) is 0 Å². The van der Waals surface area contributed by atoms with Gasteiger partial charge in [0.2, 0.25) is 0 Å². The Morgan fingerprint density at radius 3 is 2.54 bits per heavy atom. The number of hydrogen-bond acceptors (Lipinski definition) is 2. The zero-order chi connectivity index (χ0) is 10.3. The monoisotopic (exact) mass is 185 g/mol. The highest BCUT2D eigenvalue weighted by molar-refractivity contribution is 5.79. The Balaban J connectivity index is 3.67. The van der Waals surface area contributed by atoms with Crippen LogP contribution in [0.5, 0.6) is 0 Å². The van der Waals surface area contributed by atoms with E-state index in [0.717, 1.165) is 6.42 Å². The SMILES string of the molecule is CCC(NC/C=C/C(=O)O)C(C)C. The van der Waals surface area contributed by atoms with Crippen LogP contribution in [0.2, 0.25) is 0 Å². The summed E-state index contributed by atoms with van der Waals surface area (Å²) in [6.45, 7) is 7.06. The molecule has 3 nitrogen and oxygen atoms in total. The van der Waals surface area contributed by atoms with Crippen LogP contribution in [0.4, 0.5) is 0 Å². The molecule has 3 heteroatoms. The Labute approximate surface area is 79.8 Å². The van der Waals surface area contributed by atoms with Gasteiger partial charge < -0.3 is 10.4 Å². The van der Waals surface area contributed by atoms with Gasteiger partial charge >= 0.3 is 5.97 Å². The summed E-state index contributed by atoms with van der Waals surface area (Å²) >= 11 is 0. The summed E-state index contributed by atoms with van der Waals surface area (Å²) in [5, 5.41) is 11.6. The van der Waals surface area contributed by atoms with Crippen molar-refractivity contribution in [2.24, 2.45) is 5.92 Å². The molecule has 0 spiro atoms. The van der Waals surface area contributed by atoms with Gasteiger partial charge in [-0.25, -0.2) is 4.79 Å². The molecule has 0 aromatic rings. The summed E-state index contributed by atoms with van der Waals surface area (Å²) in [6.07, 6.45) is 3.87. The number of hydrogen-bond donors (Lipinski definition) is 2. The minimum absolute atomic E-state index is 0.471. The molecule has 0 amide bonds. The minimum Gasteiger partial charge on any atom is -0.478 e. The number of nitrogens with one attached hydrogen (secondary N) is 1. The lowest BCUT2D eigenvalue weighted by atomic mass is 10.0. The van der Waals surface area contributed by atoms with Gasteiger partial charge in [-0.2, -0.15) is 0 Å². The first-order valence-corrected chi connectivity index (χ1v) is 4.70. The third-order valence-electron chi connectivity index (χ3n) is 2.00. The van der Waals surface area contributed by atoms with E-state index in [1.54, 1.807) is 6.08 Å². The molecule has 0 aliphatic rings. The lowest BCUT2D eigenvalue weighted by Crippen LogP contribution is -2.33. The van der Waals surface area contributed by atoms with E-state index in [4.69, 9.17) is 5.11 Å². The average Bonchev–Trinajstić information content (AvgIpc) is 2.03. The third kappa shape index (κ3) is 6.34. The predicted octanol–water partition coefficient (Wildman–Crippen LogP) is 1.65. The van der Waals surface area contributed by atoms with Crippen molar-refractivity contribution in [2.45, 2.75) is 33.2 Å². The molecule has 0 rings (SSSR count). The van der Waals surface area contributed by atoms with Crippen molar-refractivity contribution in [3.8, 4) is 0 Å². The highest BCUT2D eigenvalue weighted by Gasteiger charge is 2.07. The van der Waals surface area contributed by atoms with Gasteiger partial charge in [-0.1, -0.05) is 26.8 Å². The molecule has 0 radical (unpaired) electrons. The first-order valence-electron chi connectivity index (χ1n) is 4.70. The third-order valence-corrected chi connectivity index (χ3v) is 2.00. The van der Waals surface area contributed by atoms with Crippen LogP contribution in [0, 0.1) is 5.92 Å². The Hall–Kier alpha value is -0.830. The fourth-order valence-corrected chi connectivity index (χ4v) is 1.23. The van der Waals surface area contributed by atoms with Crippen LogP contribution >= 0.6 is 0 Å². The number of carboxylic acid groups (broad SMARTS) is 1. The Bertz CT molecular complexity index is 176. The minimum atomic E-state index is -0.889. The van der Waals surface area contributed by atoms with E-state index >= 15 is 0 Å². The molecule has 0 fully saturated rings. The van der Waals surface area contributed by atoms with Crippen LogP contribution in [0.3, 0.4) is 0 Å². The molecule has 13 heavy (non-hydrogen) atoms. The maximum Gasteiger partial charge on any atom is 0.328 e. The van der Waals surface area contributed by atoms with Crippen LogP contribution < -0.4 is 5.32 Å². The average molecular weight is 185 g/mol. The molecule has 0 aromatic carbocycles. The van der Waals surface area contributed by atoms with E-state index in [-0.39, 0.29) is 0 Å². The highest BCUT2D eigenvalue weighted by atomic mass is 16.4. The predicted molar refractivity (Wildman–Crippen MR) is 53.7 cm³/mol. The second-order valence-corrected chi connectivity index (χ2v) is 3.41. The standard InChI is InChI=1S/C10H19NO2/c1-4-9(8(2)3)11-7-5-6-10(12)13/h5-6,8-9,11H,4,7H2,1-3H3,(H,12,13)/b6-5+. The van der Waals surface area contributed by atoms with Crippen molar-refractivity contribution in [1.82, 2.24) is 5.32 Å². The maximum absolute atomic E-state index is 10.1. The summed E-state index contributed by atoms with van der Waals surface area (Å²) < 4.78 is 0. The van der Waals surface area contributed by atoms with E-state index < -0.39 is 5.97 Å². The van der Waals surface area contributed by atoms with Gasteiger partial charge in [0.15, 0.2) is 0 Å². The first-order chi connectivity index (χ1) is 6.07. The van der Waals surface area contributed by atoms with Gasteiger partial charge in [-0.3, -0.25) is 0 Å². The molecule has 76 valence electrons. The van der Waals surface area contributed by atoms with Crippen LogP contribution in [0.15, 0.2) is 12.2 Å². The quantitative estimate of drug-likeness (QED) is 0.619. The van der Waals surface area contributed by atoms with Crippen LogP contribution in [-0.4, -0.2) is 23.7 Å². The molecule has 1 atom stereocenters. The fraction of sp³-hybridized carbons (Fsp3) is 0.700. The van der Waals surface area contributed by atoms with Crippen molar-refractivity contribution >= 4 is 5.97 Å². The topological polar surface area (TPSA) is 49.3 Å². The molecule has 1 unspecified atom stereocenters. The molecule has 0 aromatic heterocycles. The fourth-order valence-electron chi connectivity index (χ4n) is 1.23. The second-order valence-electron chi connectivity index (χ2n) is 3.41. The van der Waals surface area contributed by atoms with E-state index in [0.29, 0.717) is 18.5 Å². The summed E-state index contributed by atoms with van der Waals surface area (Å²) in [6, 6.07) is 0.471. The number of rotatable bonds is 6. The summed E-state index contributed by atoms with van der Waals surface area (Å²) in [5.41, 5.74) is 0. The van der Waals surface area contributed by atoms with Crippen LogP contribution in [-0.2, 0) is 4.79 Å². The zero-order valence-electron chi connectivity index (χ0n) is 8.58. The van der Waals surface area contributed by atoms with E-state index in [1.165, 1.54) is 6.08 Å². The van der Waals surface area contributed by atoms with Gasteiger partial charge in [0.05, 0.1) is 0 Å². The molecule has 0 aliphatic carbocycles. The Kier molecular flexibility index (Phi) is 6.24. The Morgan fingerprint density at radius 2 is 2.15 bits per heavy atom. The van der Waals surface area contributed by atoms with Gasteiger partial charge in [-0.05, 0) is 12.3 Å². The van der Waals surface area contributed by atoms with Gasteiger partial charge in [0.25, 0.3) is 0 Å². The lowest BCUT2D eigenvalue weighted by Gasteiger charge is -2.19. The van der Waals surface area contributed by atoms with E-state index in [2.05, 4.69) is 26.1 Å². The maximum atomic E-state index is 10.1. The van der Waals surface area contributed by atoms with Crippen molar-refractivity contribution in [2.75, 3.05) is 6.54 Å². The van der Waals surface area contributed by atoms with Crippen molar-refractivity contribution < 1.29 is 9.90 Å². The first kappa shape index (κ1) is 12.2. The normalized spacial score (nSPS) is 13.8. The molecule has 2 N–H and O–H groups in total. The van der Waals surface area contributed by atoms with E-state index in [9.17, 15) is 4.79 Å². The van der Waals surface area contributed by atoms with Crippen molar-refractivity contribution in [3.05, 3.63) is 12.2 Å². The van der Waals surface area contributed by atoms with E-state index in [1.807, 2.05) is 0 Å². The van der Waals surface area contributed by atoms with Gasteiger partial charge in [0, 0.05) is 18.7 Å². The van der Waals surface area contributed by atoms with Crippen molar-refractivity contribution in [1.29, 1.82) is 0 Å². The Morgan fingerprint density at radius 1 is 1.54 bits per heavy atom. The summed E-state index contributed by atoms with van der Waals surface area (Å²) in [5.74, 6) is -0.303. The number of aliphatic carboxylic acids is 1. The molecule has 0 saturated heterocycles. The van der Waals surface area contributed by atoms with Gasteiger partial charge in [-0.15, -0.1) is 0 Å².